The van der Waals surface area contributed by atoms with E-state index in [1.54, 1.807) is 14.2 Å². The van der Waals surface area contributed by atoms with Crippen molar-refractivity contribution < 1.29 is 14.3 Å². The summed E-state index contributed by atoms with van der Waals surface area (Å²) >= 11 is 0. The highest BCUT2D eigenvalue weighted by molar-refractivity contribution is 6.92. The van der Waals surface area contributed by atoms with Crippen LogP contribution in [0.1, 0.15) is 12.8 Å². The van der Waals surface area contributed by atoms with E-state index in [4.69, 9.17) is 9.47 Å². The highest BCUT2D eigenvalue weighted by atomic mass is 28.3. The van der Waals surface area contributed by atoms with Crippen LogP contribution >= 0.6 is 0 Å². The van der Waals surface area contributed by atoms with Crippen molar-refractivity contribution >= 4 is 19.0 Å². The third-order valence-electron chi connectivity index (χ3n) is 3.94. The first-order valence-corrected chi connectivity index (χ1v) is 9.25. The van der Waals surface area contributed by atoms with Crippen molar-refractivity contribution in [2.45, 2.75) is 31.5 Å². The molecule has 0 N–H and O–H groups in total. The zero-order valence-corrected chi connectivity index (χ0v) is 12.3. The van der Waals surface area contributed by atoms with Crippen molar-refractivity contribution in [2.24, 2.45) is 0 Å². The number of ether oxygens (including phenoxy) is 2. The molecule has 98 valence electrons. The Bertz CT molecular complexity index is 424. The number of ketones is 1. The SMILES string of the molecule is COc1cccc(OC)c1[Si]1(C)CCC(=O)CC1. The molecule has 1 saturated heterocycles. The summed E-state index contributed by atoms with van der Waals surface area (Å²) in [7, 11) is 1.74. The van der Waals surface area contributed by atoms with Gasteiger partial charge in [-0.1, -0.05) is 12.6 Å². The highest BCUT2D eigenvalue weighted by Crippen LogP contribution is 2.32. The van der Waals surface area contributed by atoms with E-state index >= 15 is 0 Å². The molecule has 0 amide bonds. The molecular weight excluding hydrogens is 244 g/mol. The molecule has 1 fully saturated rings. The summed E-state index contributed by atoms with van der Waals surface area (Å²) in [6.45, 7) is 2.33. The van der Waals surface area contributed by atoms with Gasteiger partial charge in [0.2, 0.25) is 0 Å². The minimum Gasteiger partial charge on any atom is -0.497 e. The third kappa shape index (κ3) is 2.29. The molecule has 1 aliphatic heterocycles. The van der Waals surface area contributed by atoms with Crippen molar-refractivity contribution in [3.05, 3.63) is 18.2 Å². The molecule has 3 nitrogen and oxygen atoms in total. The number of methoxy groups -OCH3 is 2. The van der Waals surface area contributed by atoms with E-state index in [2.05, 4.69) is 6.55 Å². The van der Waals surface area contributed by atoms with Crippen LogP contribution in [0.4, 0.5) is 0 Å². The molecule has 0 spiro atoms. The molecule has 0 aromatic heterocycles. The van der Waals surface area contributed by atoms with Gasteiger partial charge in [-0.3, -0.25) is 4.79 Å². The van der Waals surface area contributed by atoms with Crippen molar-refractivity contribution in [3.8, 4) is 11.5 Å². The first kappa shape index (κ1) is 13.1. The maximum atomic E-state index is 11.5. The minimum absolute atomic E-state index is 0.397. The van der Waals surface area contributed by atoms with Crippen molar-refractivity contribution in [1.29, 1.82) is 0 Å². The topological polar surface area (TPSA) is 35.5 Å². The Morgan fingerprint density at radius 2 is 1.56 bits per heavy atom. The van der Waals surface area contributed by atoms with Gasteiger partial charge < -0.3 is 9.47 Å². The molecule has 1 aromatic carbocycles. The molecule has 1 heterocycles. The van der Waals surface area contributed by atoms with Crippen LogP contribution in [0.2, 0.25) is 18.6 Å². The smallest absolute Gasteiger partial charge is 0.132 e. The van der Waals surface area contributed by atoms with Gasteiger partial charge in [-0.2, -0.15) is 0 Å². The monoisotopic (exact) mass is 264 g/mol. The van der Waals surface area contributed by atoms with Crippen LogP contribution < -0.4 is 14.7 Å². The number of carbonyl (C=O) groups is 1. The van der Waals surface area contributed by atoms with Gasteiger partial charge >= 0.3 is 0 Å². The molecule has 0 saturated carbocycles. The Balaban J connectivity index is 2.45. The Morgan fingerprint density at radius 3 is 2.00 bits per heavy atom. The number of hydrogen-bond donors (Lipinski definition) is 0. The van der Waals surface area contributed by atoms with Crippen LogP contribution in [-0.4, -0.2) is 28.1 Å². The summed E-state index contributed by atoms with van der Waals surface area (Å²) < 4.78 is 11.0. The second-order valence-electron chi connectivity index (χ2n) is 5.14. The average molecular weight is 264 g/mol. The summed E-state index contributed by atoms with van der Waals surface area (Å²) in [5.41, 5.74) is 0. The maximum absolute atomic E-state index is 11.5. The first-order valence-electron chi connectivity index (χ1n) is 6.34. The molecule has 18 heavy (non-hydrogen) atoms. The first-order chi connectivity index (χ1) is 8.60. The Kier molecular flexibility index (Phi) is 3.75. The predicted molar refractivity (Wildman–Crippen MR) is 74.7 cm³/mol. The molecule has 0 aliphatic carbocycles. The Morgan fingerprint density at radius 1 is 1.06 bits per heavy atom. The van der Waals surface area contributed by atoms with Crippen molar-refractivity contribution in [2.75, 3.05) is 14.2 Å². The lowest BCUT2D eigenvalue weighted by Crippen LogP contribution is -2.48. The van der Waals surface area contributed by atoms with Crippen LogP contribution in [0.25, 0.3) is 0 Å². The van der Waals surface area contributed by atoms with Gasteiger partial charge in [0, 0.05) is 18.0 Å². The molecule has 0 atom stereocenters. The lowest BCUT2D eigenvalue weighted by Gasteiger charge is -2.33. The summed E-state index contributed by atoms with van der Waals surface area (Å²) in [5, 5.41) is 1.24. The van der Waals surface area contributed by atoms with Gasteiger partial charge in [0.25, 0.3) is 0 Å². The number of Topliss-reactive ketones (excluding diaryl/α,β-unsaturated/α-hetero) is 1. The Labute approximate surface area is 109 Å². The molecule has 2 rings (SSSR count). The van der Waals surface area contributed by atoms with E-state index in [9.17, 15) is 4.79 Å². The average Bonchev–Trinajstić information content (AvgIpc) is 2.41. The second-order valence-corrected chi connectivity index (χ2v) is 9.76. The molecule has 0 unspecified atom stereocenters. The summed E-state index contributed by atoms with van der Waals surface area (Å²) in [6.07, 6.45) is 1.42. The van der Waals surface area contributed by atoms with E-state index in [-0.39, 0.29) is 0 Å². The molecular formula is C14H20O3Si. The van der Waals surface area contributed by atoms with E-state index in [0.717, 1.165) is 23.6 Å². The number of benzene rings is 1. The van der Waals surface area contributed by atoms with Crippen LogP contribution in [0.5, 0.6) is 11.5 Å². The fourth-order valence-corrected chi connectivity index (χ4v) is 6.75. The van der Waals surface area contributed by atoms with E-state index in [1.165, 1.54) is 5.19 Å². The fourth-order valence-electron chi connectivity index (χ4n) is 2.78. The van der Waals surface area contributed by atoms with Gasteiger partial charge in [-0.05, 0) is 24.2 Å². The van der Waals surface area contributed by atoms with Crippen molar-refractivity contribution in [1.82, 2.24) is 0 Å². The van der Waals surface area contributed by atoms with Gasteiger partial charge in [0.05, 0.1) is 22.3 Å². The summed E-state index contributed by atoms with van der Waals surface area (Å²) in [6, 6.07) is 7.94. The van der Waals surface area contributed by atoms with Crippen LogP contribution in [0.15, 0.2) is 18.2 Å². The lowest BCUT2D eigenvalue weighted by atomic mass is 10.2. The van der Waals surface area contributed by atoms with Crippen molar-refractivity contribution in [3.63, 3.8) is 0 Å². The Hall–Kier alpha value is -1.29. The molecule has 0 radical (unpaired) electrons. The van der Waals surface area contributed by atoms with Gasteiger partial charge in [-0.15, -0.1) is 0 Å². The molecule has 1 aliphatic rings. The quantitative estimate of drug-likeness (QED) is 0.786. The van der Waals surface area contributed by atoms with Gasteiger partial charge in [0.1, 0.15) is 17.3 Å². The lowest BCUT2D eigenvalue weighted by molar-refractivity contribution is -0.118. The zero-order valence-electron chi connectivity index (χ0n) is 11.3. The van der Waals surface area contributed by atoms with E-state index in [1.807, 2.05) is 18.2 Å². The second kappa shape index (κ2) is 5.14. The van der Waals surface area contributed by atoms with Crippen LogP contribution in [0, 0.1) is 0 Å². The third-order valence-corrected chi connectivity index (χ3v) is 8.35. The van der Waals surface area contributed by atoms with Crippen LogP contribution in [-0.2, 0) is 4.79 Å². The largest absolute Gasteiger partial charge is 0.497 e. The molecule has 1 aromatic rings. The minimum atomic E-state index is -1.66. The predicted octanol–water partition coefficient (Wildman–Crippen LogP) is 2.35. The summed E-state index contributed by atoms with van der Waals surface area (Å²) in [5.74, 6) is 2.23. The maximum Gasteiger partial charge on any atom is 0.132 e. The van der Waals surface area contributed by atoms with E-state index < -0.39 is 8.07 Å². The van der Waals surface area contributed by atoms with Crippen LogP contribution in [0.3, 0.4) is 0 Å². The van der Waals surface area contributed by atoms with Gasteiger partial charge in [0.15, 0.2) is 0 Å². The normalized spacial score (nSPS) is 18.5. The molecule has 0 bridgehead atoms. The highest BCUT2D eigenvalue weighted by Gasteiger charge is 2.38. The molecule has 4 heteroatoms. The zero-order chi connectivity index (χ0) is 13.2. The number of hydrogen-bond acceptors (Lipinski definition) is 3. The number of rotatable bonds is 3. The summed E-state index contributed by atoms with van der Waals surface area (Å²) in [4.78, 5) is 11.5. The van der Waals surface area contributed by atoms with Gasteiger partial charge in [-0.25, -0.2) is 0 Å². The standard InChI is InChI=1S/C14H20O3Si/c1-16-12-5-4-6-13(17-2)14(12)18(3)9-7-11(15)8-10-18/h4-6H,7-10H2,1-3H3. The van der Waals surface area contributed by atoms with E-state index in [0.29, 0.717) is 18.6 Å². The fraction of sp³-hybridized carbons (Fsp3) is 0.500. The number of carbonyl (C=O) groups excluding carboxylic acids is 1.